The van der Waals surface area contributed by atoms with Crippen LogP contribution in [0.2, 0.25) is 0 Å². The maximum absolute atomic E-state index is 12.0. The molecule has 0 fully saturated rings. The fourth-order valence-electron chi connectivity index (χ4n) is 1.76. The Balaban J connectivity index is 2.53. The molecule has 8 heteroatoms. The zero-order valence-electron chi connectivity index (χ0n) is 11.5. The fraction of sp³-hybridized carbons (Fsp3) is 0.727. The monoisotopic (exact) mass is 307 g/mol. The Kier molecular flexibility index (Phi) is 6.18. The molecule has 0 saturated heterocycles. The predicted octanol–water partition coefficient (Wildman–Crippen LogP) is 0.755. The molecule has 19 heavy (non-hydrogen) atoms. The summed E-state index contributed by atoms with van der Waals surface area (Å²) < 4.78 is 26.6. The van der Waals surface area contributed by atoms with Gasteiger partial charge in [0.25, 0.3) is 10.0 Å². The summed E-state index contributed by atoms with van der Waals surface area (Å²) in [5.74, 6) is 0. The van der Waals surface area contributed by atoms with Crippen molar-refractivity contribution in [1.29, 1.82) is 0 Å². The van der Waals surface area contributed by atoms with Crippen molar-refractivity contribution in [3.8, 4) is 0 Å². The van der Waals surface area contributed by atoms with Crippen LogP contribution < -0.4 is 9.60 Å². The van der Waals surface area contributed by atoms with Crippen molar-refractivity contribution in [2.24, 2.45) is 0 Å². The number of aryl methyl sites for hydroxylation is 1. The van der Waals surface area contributed by atoms with Crippen molar-refractivity contribution < 1.29 is 8.42 Å². The van der Waals surface area contributed by atoms with E-state index in [4.69, 9.17) is 0 Å². The van der Waals surface area contributed by atoms with Gasteiger partial charge < -0.3 is 9.88 Å². The van der Waals surface area contributed by atoms with Gasteiger partial charge in [0.2, 0.25) is 0 Å². The van der Waals surface area contributed by atoms with Crippen LogP contribution in [0.5, 0.6) is 0 Å². The van der Waals surface area contributed by atoms with E-state index in [-0.39, 0.29) is 9.08 Å². The minimum absolute atomic E-state index is 0.0836. The number of sulfonamides is 1. The van der Waals surface area contributed by atoms with E-state index in [1.165, 1.54) is 0 Å². The summed E-state index contributed by atoms with van der Waals surface area (Å²) in [7, 11) is -3.56. The lowest BCUT2D eigenvalue weighted by molar-refractivity contribution is 0.300. The molecule has 0 unspecified atom stereocenters. The quantitative estimate of drug-likeness (QED) is 0.695. The molecule has 0 saturated carbocycles. The smallest absolute Gasteiger partial charge is 0.305 e. The molecule has 110 valence electrons. The van der Waals surface area contributed by atoms with Gasteiger partial charge in [-0.25, -0.2) is 13.1 Å². The van der Waals surface area contributed by atoms with Gasteiger partial charge in [0, 0.05) is 12.2 Å². The fourth-order valence-corrected chi connectivity index (χ4v) is 4.18. The maximum Gasteiger partial charge on any atom is 0.305 e. The lowest BCUT2D eigenvalue weighted by Gasteiger charge is -2.17. The number of H-pyrrole nitrogens is 1. The van der Waals surface area contributed by atoms with E-state index >= 15 is 0 Å². The highest BCUT2D eigenvalue weighted by Crippen LogP contribution is 2.15. The number of hydrogen-bond acceptors (Lipinski definition) is 5. The van der Waals surface area contributed by atoms with Crippen LogP contribution in [0.1, 0.15) is 26.0 Å². The lowest BCUT2D eigenvalue weighted by atomic mass is 10.4. The summed E-state index contributed by atoms with van der Waals surface area (Å²) in [6.45, 7) is 8.90. The molecular formula is C11H21N3O3S2. The molecule has 1 rings (SSSR count). The van der Waals surface area contributed by atoms with E-state index in [9.17, 15) is 13.2 Å². The van der Waals surface area contributed by atoms with Crippen LogP contribution in [0.3, 0.4) is 0 Å². The number of nitrogens with one attached hydrogen (secondary N) is 2. The van der Waals surface area contributed by atoms with Crippen LogP contribution in [0.4, 0.5) is 0 Å². The minimum Gasteiger partial charge on any atom is -0.315 e. The van der Waals surface area contributed by atoms with Crippen LogP contribution in [0.15, 0.2) is 9.00 Å². The molecule has 0 radical (unpaired) electrons. The van der Waals surface area contributed by atoms with Gasteiger partial charge in [-0.15, -0.1) is 0 Å². The highest BCUT2D eigenvalue weighted by atomic mass is 32.2. The van der Waals surface area contributed by atoms with E-state index < -0.39 is 10.0 Å². The lowest BCUT2D eigenvalue weighted by Crippen LogP contribution is -2.29. The molecule has 0 aliphatic carbocycles. The first-order valence-electron chi connectivity index (χ1n) is 6.32. The highest BCUT2D eigenvalue weighted by Gasteiger charge is 2.19. The predicted molar refractivity (Wildman–Crippen MR) is 77.3 cm³/mol. The second-order valence-electron chi connectivity index (χ2n) is 4.21. The van der Waals surface area contributed by atoms with Crippen LogP contribution in [0.25, 0.3) is 0 Å². The number of thiazole rings is 1. The van der Waals surface area contributed by atoms with Gasteiger partial charge in [-0.1, -0.05) is 25.2 Å². The van der Waals surface area contributed by atoms with Gasteiger partial charge in [0.05, 0.1) is 0 Å². The Morgan fingerprint density at radius 3 is 2.42 bits per heavy atom. The van der Waals surface area contributed by atoms with Gasteiger partial charge in [-0.3, -0.25) is 4.79 Å². The molecule has 1 aromatic heterocycles. The third kappa shape index (κ3) is 4.72. The molecule has 6 nitrogen and oxygen atoms in total. The second-order valence-corrected chi connectivity index (χ2v) is 7.15. The van der Waals surface area contributed by atoms with E-state index in [0.717, 1.165) is 37.4 Å². The molecule has 0 bridgehead atoms. The summed E-state index contributed by atoms with van der Waals surface area (Å²) in [5, 5.41) is 0. The number of hydrogen-bond donors (Lipinski definition) is 2. The Bertz CT molecular complexity index is 544. The molecule has 0 spiro atoms. The third-order valence-corrected chi connectivity index (χ3v) is 5.93. The van der Waals surface area contributed by atoms with E-state index in [2.05, 4.69) is 28.5 Å². The summed E-state index contributed by atoms with van der Waals surface area (Å²) in [5.41, 5.74) is 0.395. The van der Waals surface area contributed by atoms with Crippen LogP contribution in [0, 0.1) is 6.92 Å². The first-order valence-corrected chi connectivity index (χ1v) is 8.62. The van der Waals surface area contributed by atoms with Crippen LogP contribution in [-0.2, 0) is 10.0 Å². The maximum atomic E-state index is 12.0. The SMILES string of the molecule is CCN(CC)CCCNS(=O)(=O)c1sc(=O)[nH]c1C. The van der Waals surface area contributed by atoms with Crippen LogP contribution in [-0.4, -0.2) is 44.5 Å². The first-order chi connectivity index (χ1) is 8.90. The van der Waals surface area contributed by atoms with Crippen molar-refractivity contribution >= 4 is 21.4 Å². The van der Waals surface area contributed by atoms with Gasteiger partial charge >= 0.3 is 4.87 Å². The average Bonchev–Trinajstić information content (AvgIpc) is 2.69. The molecule has 0 aliphatic heterocycles. The molecule has 1 aromatic rings. The zero-order valence-corrected chi connectivity index (χ0v) is 13.2. The Hall–Kier alpha value is -0.700. The van der Waals surface area contributed by atoms with Gasteiger partial charge in [-0.2, -0.15) is 0 Å². The van der Waals surface area contributed by atoms with Gasteiger partial charge in [0.15, 0.2) is 4.21 Å². The van der Waals surface area contributed by atoms with Crippen molar-refractivity contribution in [2.45, 2.75) is 31.4 Å². The van der Waals surface area contributed by atoms with E-state index in [1.807, 2.05) is 0 Å². The number of nitrogens with zero attached hydrogens (tertiary/aromatic N) is 1. The largest absolute Gasteiger partial charge is 0.315 e. The first kappa shape index (κ1) is 16.4. The Morgan fingerprint density at radius 1 is 1.32 bits per heavy atom. The minimum atomic E-state index is -3.56. The third-order valence-electron chi connectivity index (χ3n) is 2.86. The van der Waals surface area contributed by atoms with Gasteiger partial charge in [-0.05, 0) is 33.0 Å². The van der Waals surface area contributed by atoms with Crippen molar-refractivity contribution in [2.75, 3.05) is 26.2 Å². The Morgan fingerprint density at radius 2 is 1.95 bits per heavy atom. The molecule has 0 aromatic carbocycles. The zero-order chi connectivity index (χ0) is 14.5. The summed E-state index contributed by atoms with van der Waals surface area (Å²) >= 11 is 0.723. The second kappa shape index (κ2) is 7.18. The van der Waals surface area contributed by atoms with Crippen molar-refractivity contribution in [3.63, 3.8) is 0 Å². The topological polar surface area (TPSA) is 82.3 Å². The van der Waals surface area contributed by atoms with Crippen LogP contribution >= 0.6 is 11.3 Å². The molecular weight excluding hydrogens is 286 g/mol. The molecule has 0 atom stereocenters. The molecule has 0 aliphatic rings. The van der Waals surface area contributed by atoms with E-state index in [0.29, 0.717) is 12.2 Å². The molecule has 0 amide bonds. The highest BCUT2D eigenvalue weighted by molar-refractivity contribution is 7.91. The normalized spacial score (nSPS) is 12.2. The van der Waals surface area contributed by atoms with Crippen molar-refractivity contribution in [3.05, 3.63) is 15.4 Å². The van der Waals surface area contributed by atoms with Gasteiger partial charge in [0.1, 0.15) is 0 Å². The van der Waals surface area contributed by atoms with Crippen molar-refractivity contribution in [1.82, 2.24) is 14.6 Å². The number of aromatic nitrogens is 1. The average molecular weight is 307 g/mol. The number of aromatic amines is 1. The Labute approximate surface area is 117 Å². The number of rotatable bonds is 8. The molecule has 1 heterocycles. The standard InChI is InChI=1S/C11H21N3O3S2/c1-4-14(5-2)8-6-7-12-19(16,17)10-9(3)13-11(15)18-10/h12H,4-8H2,1-3H3,(H,13,15). The molecule has 2 N–H and O–H groups in total. The summed E-state index contributed by atoms with van der Waals surface area (Å²) in [6, 6.07) is 0. The summed E-state index contributed by atoms with van der Waals surface area (Å²) in [6.07, 6.45) is 0.749. The summed E-state index contributed by atoms with van der Waals surface area (Å²) in [4.78, 5) is 15.5. The van der Waals surface area contributed by atoms with E-state index in [1.54, 1.807) is 6.92 Å².